The molecular formula is C9H10BrF2N. The van der Waals surface area contributed by atoms with Gasteiger partial charge in [0.2, 0.25) is 0 Å². The van der Waals surface area contributed by atoms with Crippen molar-refractivity contribution < 1.29 is 8.78 Å². The van der Waals surface area contributed by atoms with E-state index in [1.54, 1.807) is 6.07 Å². The molecule has 0 saturated heterocycles. The van der Waals surface area contributed by atoms with Gasteiger partial charge in [0.05, 0.1) is 6.67 Å². The lowest BCUT2D eigenvalue weighted by atomic mass is 10.1. The van der Waals surface area contributed by atoms with Gasteiger partial charge in [-0.25, -0.2) is 4.39 Å². The fourth-order valence-corrected chi connectivity index (χ4v) is 1.61. The van der Waals surface area contributed by atoms with Crippen molar-refractivity contribution in [3.8, 4) is 0 Å². The minimum absolute atomic E-state index is 0.210. The van der Waals surface area contributed by atoms with Gasteiger partial charge in [-0.3, -0.25) is 4.39 Å². The van der Waals surface area contributed by atoms with Gasteiger partial charge in [0.15, 0.2) is 0 Å². The molecule has 1 atom stereocenters. The molecule has 1 aromatic carbocycles. The van der Waals surface area contributed by atoms with E-state index in [0.717, 1.165) is 4.47 Å². The molecule has 72 valence electrons. The average Bonchev–Trinajstić information content (AvgIpc) is 2.09. The van der Waals surface area contributed by atoms with Crippen LogP contribution in [0.4, 0.5) is 8.78 Å². The molecule has 1 nitrogen and oxygen atoms in total. The van der Waals surface area contributed by atoms with Gasteiger partial charge in [-0.15, -0.1) is 0 Å². The minimum atomic E-state index is -0.496. The first kappa shape index (κ1) is 10.6. The van der Waals surface area contributed by atoms with Crippen molar-refractivity contribution in [3.05, 3.63) is 34.1 Å². The topological polar surface area (TPSA) is 26.0 Å². The lowest BCUT2D eigenvalue weighted by Crippen LogP contribution is -2.11. The normalized spacial score (nSPS) is 12.9. The van der Waals surface area contributed by atoms with Crippen LogP contribution in [0.3, 0.4) is 0 Å². The smallest absolute Gasteiger partial charge is 0.123 e. The molecule has 0 saturated carbocycles. The summed E-state index contributed by atoms with van der Waals surface area (Å²) in [6, 6.07) is 3.78. The number of halogens is 3. The van der Waals surface area contributed by atoms with E-state index in [2.05, 4.69) is 15.9 Å². The van der Waals surface area contributed by atoms with Crippen LogP contribution in [0.2, 0.25) is 0 Å². The number of nitrogens with two attached hydrogens (primary N) is 1. The van der Waals surface area contributed by atoms with Crippen LogP contribution < -0.4 is 5.73 Å². The zero-order chi connectivity index (χ0) is 9.84. The Labute approximate surface area is 84.1 Å². The first-order chi connectivity index (χ1) is 6.15. The molecule has 1 rings (SSSR count). The van der Waals surface area contributed by atoms with Crippen LogP contribution in [0, 0.1) is 5.82 Å². The minimum Gasteiger partial charge on any atom is -0.324 e. The van der Waals surface area contributed by atoms with E-state index in [4.69, 9.17) is 5.73 Å². The quantitative estimate of drug-likeness (QED) is 0.876. The molecule has 2 N–H and O–H groups in total. The number of benzene rings is 1. The Hall–Kier alpha value is -0.480. The molecule has 0 unspecified atom stereocenters. The van der Waals surface area contributed by atoms with Crippen molar-refractivity contribution in [2.24, 2.45) is 5.73 Å². The highest BCUT2D eigenvalue weighted by Gasteiger charge is 2.10. The molecule has 0 aromatic heterocycles. The molecular weight excluding hydrogens is 240 g/mol. The lowest BCUT2D eigenvalue weighted by Gasteiger charge is -2.11. The molecule has 4 heteroatoms. The maximum atomic E-state index is 12.8. The van der Waals surface area contributed by atoms with Gasteiger partial charge in [0, 0.05) is 10.5 Å². The highest BCUT2D eigenvalue weighted by Crippen LogP contribution is 2.24. The third-order valence-corrected chi connectivity index (χ3v) is 2.50. The van der Waals surface area contributed by atoms with Crippen molar-refractivity contribution in [1.29, 1.82) is 0 Å². The van der Waals surface area contributed by atoms with Gasteiger partial charge >= 0.3 is 0 Å². The molecule has 0 aliphatic carbocycles. The van der Waals surface area contributed by atoms with Crippen molar-refractivity contribution in [3.63, 3.8) is 0 Å². The van der Waals surface area contributed by atoms with Crippen LogP contribution in [0.5, 0.6) is 0 Å². The van der Waals surface area contributed by atoms with Crippen LogP contribution >= 0.6 is 15.9 Å². The van der Waals surface area contributed by atoms with E-state index in [0.29, 0.717) is 5.56 Å². The molecule has 0 fully saturated rings. The largest absolute Gasteiger partial charge is 0.324 e. The number of alkyl halides is 1. The van der Waals surface area contributed by atoms with E-state index in [9.17, 15) is 8.78 Å². The Bertz CT molecular complexity index is 291. The van der Waals surface area contributed by atoms with Crippen molar-refractivity contribution in [2.75, 3.05) is 6.67 Å². The molecule has 0 heterocycles. The van der Waals surface area contributed by atoms with Crippen molar-refractivity contribution >= 4 is 15.9 Å². The third kappa shape index (κ3) is 2.74. The van der Waals surface area contributed by atoms with Gasteiger partial charge in [-0.1, -0.05) is 15.9 Å². The summed E-state index contributed by atoms with van der Waals surface area (Å²) >= 11 is 3.23. The van der Waals surface area contributed by atoms with Gasteiger partial charge in [0.1, 0.15) is 5.82 Å². The predicted octanol–water partition coefficient (Wildman–Crippen LogP) is 2.95. The molecule has 0 bridgehead atoms. The van der Waals surface area contributed by atoms with E-state index >= 15 is 0 Å². The molecule has 0 amide bonds. The fourth-order valence-electron chi connectivity index (χ4n) is 1.07. The highest BCUT2D eigenvalue weighted by molar-refractivity contribution is 9.10. The Balaban J connectivity index is 2.91. The van der Waals surface area contributed by atoms with Crippen LogP contribution in [0.15, 0.2) is 22.7 Å². The fraction of sp³-hybridized carbons (Fsp3) is 0.333. The first-order valence-corrected chi connectivity index (χ1v) is 4.71. The van der Waals surface area contributed by atoms with Crippen LogP contribution in [0.1, 0.15) is 18.0 Å². The van der Waals surface area contributed by atoms with Crippen LogP contribution in [0.25, 0.3) is 0 Å². The summed E-state index contributed by atoms with van der Waals surface area (Å²) in [7, 11) is 0. The van der Waals surface area contributed by atoms with E-state index in [1.807, 2.05) is 0 Å². The molecule has 0 aliphatic rings. The number of rotatable bonds is 3. The van der Waals surface area contributed by atoms with E-state index < -0.39 is 12.7 Å². The molecule has 1 aromatic rings. The second kappa shape index (κ2) is 4.67. The SMILES string of the molecule is N[C@@H](CCF)c1cc(F)ccc1Br. The summed E-state index contributed by atoms with van der Waals surface area (Å²) in [5.41, 5.74) is 6.25. The van der Waals surface area contributed by atoms with Crippen molar-refractivity contribution in [1.82, 2.24) is 0 Å². The summed E-state index contributed by atoms with van der Waals surface area (Å²) in [5.74, 6) is -0.354. The summed E-state index contributed by atoms with van der Waals surface area (Å²) in [6.07, 6.45) is 0.210. The maximum Gasteiger partial charge on any atom is 0.123 e. The van der Waals surface area contributed by atoms with Gasteiger partial charge in [-0.05, 0) is 30.2 Å². The summed E-state index contributed by atoms with van der Waals surface area (Å²) < 4.78 is 25.5. The van der Waals surface area contributed by atoms with Gasteiger partial charge in [-0.2, -0.15) is 0 Å². The lowest BCUT2D eigenvalue weighted by molar-refractivity contribution is 0.440. The Kier molecular flexibility index (Phi) is 3.81. The van der Waals surface area contributed by atoms with E-state index in [1.165, 1.54) is 12.1 Å². The molecule has 13 heavy (non-hydrogen) atoms. The number of hydrogen-bond donors (Lipinski definition) is 1. The summed E-state index contributed by atoms with van der Waals surface area (Å²) in [6.45, 7) is -0.496. The monoisotopic (exact) mass is 249 g/mol. The highest BCUT2D eigenvalue weighted by atomic mass is 79.9. The summed E-state index contributed by atoms with van der Waals surface area (Å²) in [4.78, 5) is 0. The van der Waals surface area contributed by atoms with E-state index in [-0.39, 0.29) is 12.2 Å². The number of hydrogen-bond acceptors (Lipinski definition) is 1. The average molecular weight is 250 g/mol. The van der Waals surface area contributed by atoms with Crippen LogP contribution in [-0.4, -0.2) is 6.67 Å². The molecule has 0 radical (unpaired) electrons. The van der Waals surface area contributed by atoms with Crippen LogP contribution in [-0.2, 0) is 0 Å². The van der Waals surface area contributed by atoms with Gasteiger partial charge in [0.25, 0.3) is 0 Å². The zero-order valence-corrected chi connectivity index (χ0v) is 8.52. The van der Waals surface area contributed by atoms with Gasteiger partial charge < -0.3 is 5.73 Å². The second-order valence-electron chi connectivity index (χ2n) is 2.75. The summed E-state index contributed by atoms with van der Waals surface area (Å²) in [5, 5.41) is 0. The Morgan fingerprint density at radius 3 is 2.77 bits per heavy atom. The standard InChI is InChI=1S/C9H10BrF2N/c10-8-2-1-6(12)5-7(8)9(13)3-4-11/h1-2,5,9H,3-4,13H2/t9-/m0/s1. The molecule has 0 spiro atoms. The second-order valence-corrected chi connectivity index (χ2v) is 3.60. The third-order valence-electron chi connectivity index (χ3n) is 1.78. The Morgan fingerprint density at radius 2 is 2.15 bits per heavy atom. The first-order valence-electron chi connectivity index (χ1n) is 3.91. The Morgan fingerprint density at radius 1 is 1.46 bits per heavy atom. The molecule has 0 aliphatic heterocycles. The van der Waals surface area contributed by atoms with Crippen molar-refractivity contribution in [2.45, 2.75) is 12.5 Å². The maximum absolute atomic E-state index is 12.8. The predicted molar refractivity (Wildman–Crippen MR) is 51.6 cm³/mol. The zero-order valence-electron chi connectivity index (χ0n) is 6.93.